The number of likely N-dealkylation sites (tertiary alicyclic amines) is 1. The SMILES string of the molecule is CN[C@@H](CSCc1cc2cc(c1)OCCCCCCO/N=C/C(=O)N[C@@H](CCCN=C(N)N)C(=O)N[C@H](C(=O)N1CCC[C@H]1C(=O)N[C@@H](CC(C)C)C(=O)N[C@@H](CC(=O)O)C(=O)N[C@H](C(=O)N[C@@H](C)C(=O)N[C@@H](Cc1ccc(O)cc1)C(=O)N[C@H](C=O)CCC(=O)O)[C@@H](C)O)CSC2)C(N)=O. The van der Waals surface area contributed by atoms with Gasteiger partial charge in [-0.05, 0) is 132 Å². The van der Waals surface area contributed by atoms with Crippen molar-refractivity contribution in [1.82, 2.24) is 52.8 Å². The van der Waals surface area contributed by atoms with Crippen molar-refractivity contribution >= 4 is 113 Å². The number of likely N-dealkylation sites (N-methyl/N-ethyl adjacent to an activating group) is 1. The number of primary amides is 1. The summed E-state index contributed by atoms with van der Waals surface area (Å²) in [6.45, 7) is 6.38. The second kappa shape index (κ2) is 44.1. The molecule has 19 N–H and O–H groups in total. The molecule has 34 nitrogen and oxygen atoms in total. The summed E-state index contributed by atoms with van der Waals surface area (Å²) in [7, 11) is 1.64. The Labute approximate surface area is 593 Å². The van der Waals surface area contributed by atoms with Crippen molar-refractivity contribution in [1.29, 1.82) is 0 Å². The lowest BCUT2D eigenvalue weighted by Crippen LogP contribution is -2.62. The number of hydrogen-bond donors (Lipinski definition) is 16. The number of phenolic OH excluding ortho intramolecular Hbond substituents is 1. The Morgan fingerprint density at radius 3 is 2.12 bits per heavy atom. The van der Waals surface area contributed by atoms with E-state index in [0.29, 0.717) is 42.1 Å². The minimum Gasteiger partial charge on any atom is -0.508 e. The van der Waals surface area contributed by atoms with E-state index in [1.807, 2.05) is 18.2 Å². The van der Waals surface area contributed by atoms with Crippen LogP contribution in [0.1, 0.15) is 121 Å². The smallest absolute Gasteiger partial charge is 0.305 e. The van der Waals surface area contributed by atoms with Crippen molar-refractivity contribution in [3.63, 3.8) is 0 Å². The molecule has 0 radical (unpaired) electrons. The van der Waals surface area contributed by atoms with E-state index in [1.165, 1.54) is 59.6 Å². The number of aliphatic carboxylic acids is 2. The summed E-state index contributed by atoms with van der Waals surface area (Å²) < 4.78 is 6.23. The number of hydrogen-bond acceptors (Lipinski definition) is 22. The molecule has 1 saturated heterocycles. The van der Waals surface area contributed by atoms with Crippen molar-refractivity contribution < 1.29 is 92.3 Å². The molecule has 0 spiro atoms. The van der Waals surface area contributed by atoms with E-state index in [0.717, 1.165) is 43.5 Å². The first kappa shape index (κ1) is 84.1. The maximum absolute atomic E-state index is 15.1. The van der Waals surface area contributed by atoms with E-state index in [4.69, 9.17) is 31.9 Å². The lowest BCUT2D eigenvalue weighted by Gasteiger charge is -2.31. The second-order valence-electron chi connectivity index (χ2n) is 24.8. The third-order valence-electron chi connectivity index (χ3n) is 15.8. The number of nitrogens with two attached hydrogens (primary N) is 3. The van der Waals surface area contributed by atoms with E-state index in [9.17, 15) is 72.9 Å². The molecule has 10 amide bonds. The minimum absolute atomic E-state index is 0.0101. The molecule has 2 aromatic rings. The predicted octanol–water partition coefficient (Wildman–Crippen LogP) is -1.96. The van der Waals surface area contributed by atoms with Crippen LogP contribution in [-0.2, 0) is 85.1 Å². The average Bonchev–Trinajstić information content (AvgIpc) is 1.75. The number of carbonyl (C=O) groups is 13. The molecule has 2 bridgehead atoms. The fourth-order valence-corrected chi connectivity index (χ4v) is 12.6. The maximum atomic E-state index is 15.1. The first-order valence-corrected chi connectivity index (χ1v) is 35.5. The van der Waals surface area contributed by atoms with E-state index in [-0.39, 0.29) is 93.8 Å². The molecule has 2 heterocycles. The third-order valence-corrected chi connectivity index (χ3v) is 18.0. The van der Waals surface area contributed by atoms with Crippen molar-refractivity contribution in [2.75, 3.05) is 44.9 Å². The number of benzene rings is 2. The quantitative estimate of drug-likeness (QED) is 0.0157. The number of nitrogens with zero attached hydrogens (tertiary/aromatic N) is 3. The van der Waals surface area contributed by atoms with Crippen LogP contribution in [0.5, 0.6) is 11.5 Å². The number of aliphatic hydroxyl groups is 1. The molecular weight excluding hydrogens is 1360 g/mol. The summed E-state index contributed by atoms with van der Waals surface area (Å²) in [5.41, 5.74) is 18.8. The van der Waals surface area contributed by atoms with Gasteiger partial charge < -0.3 is 105 Å². The summed E-state index contributed by atoms with van der Waals surface area (Å²) in [6.07, 6.45) is 0.775. The van der Waals surface area contributed by atoms with E-state index in [2.05, 4.69) is 58.0 Å². The number of guanidine groups is 1. The molecule has 2 aliphatic heterocycles. The number of aldehydes is 1. The molecule has 11 atom stereocenters. The van der Waals surface area contributed by atoms with Crippen LogP contribution >= 0.6 is 23.5 Å². The topological polar surface area (TPSA) is 536 Å². The van der Waals surface area contributed by atoms with Gasteiger partial charge in [-0.1, -0.05) is 37.2 Å². The molecule has 0 aliphatic carbocycles. The van der Waals surface area contributed by atoms with Crippen molar-refractivity contribution in [3.05, 3.63) is 59.2 Å². The van der Waals surface area contributed by atoms with Gasteiger partial charge in [0.05, 0.1) is 31.2 Å². The van der Waals surface area contributed by atoms with Gasteiger partial charge in [0.1, 0.15) is 78.9 Å². The number of aromatic hydroxyl groups is 1. The highest BCUT2D eigenvalue weighted by Gasteiger charge is 2.41. The molecule has 2 aromatic carbocycles. The molecule has 36 heteroatoms. The lowest BCUT2D eigenvalue weighted by atomic mass is 10.0. The fraction of sp³-hybridized carbons (Fsp3) is 0.585. The second-order valence-corrected chi connectivity index (χ2v) is 26.8. The molecular formula is C65H97N15O19S2. The van der Waals surface area contributed by atoms with Crippen LogP contribution in [0, 0.1) is 5.92 Å². The van der Waals surface area contributed by atoms with Crippen LogP contribution in [0.15, 0.2) is 52.6 Å². The summed E-state index contributed by atoms with van der Waals surface area (Å²) in [5, 5.41) is 66.2. The van der Waals surface area contributed by atoms with Crippen molar-refractivity contribution in [3.8, 4) is 11.5 Å². The minimum atomic E-state index is -1.97. The lowest BCUT2D eigenvalue weighted by molar-refractivity contribution is -0.143. The molecule has 0 aromatic heterocycles. The number of ether oxygens (including phenoxy) is 1. The van der Waals surface area contributed by atoms with Gasteiger partial charge in [0.15, 0.2) is 5.96 Å². The van der Waals surface area contributed by atoms with Crippen LogP contribution in [0.4, 0.5) is 0 Å². The van der Waals surface area contributed by atoms with Crippen LogP contribution in [0.25, 0.3) is 0 Å². The summed E-state index contributed by atoms with van der Waals surface area (Å²) in [4.78, 5) is 185. The summed E-state index contributed by atoms with van der Waals surface area (Å²) in [6, 6.07) is -2.85. The zero-order valence-corrected chi connectivity index (χ0v) is 58.9. The number of fused-ring (bicyclic) bond motifs is 2. The summed E-state index contributed by atoms with van der Waals surface area (Å²) in [5.74, 6) is -10.9. The Bertz CT molecular complexity index is 3210. The van der Waals surface area contributed by atoms with Crippen LogP contribution in [0.3, 0.4) is 0 Å². The molecule has 558 valence electrons. The Morgan fingerprint density at radius 2 is 1.48 bits per heavy atom. The van der Waals surface area contributed by atoms with Crippen LogP contribution in [-0.4, -0.2) is 226 Å². The number of aliphatic hydroxyl groups excluding tert-OH is 1. The molecule has 2 aliphatic rings. The highest BCUT2D eigenvalue weighted by atomic mass is 32.2. The Hall–Kier alpha value is -9.29. The van der Waals surface area contributed by atoms with Crippen LogP contribution in [0.2, 0.25) is 0 Å². The van der Waals surface area contributed by atoms with Crippen molar-refractivity contribution in [2.45, 2.75) is 189 Å². The first-order valence-electron chi connectivity index (χ1n) is 33.2. The molecule has 0 saturated carbocycles. The van der Waals surface area contributed by atoms with Gasteiger partial charge in [-0.15, -0.1) is 0 Å². The number of thioether (sulfide) groups is 2. The monoisotopic (exact) mass is 1460 g/mol. The zero-order valence-electron chi connectivity index (χ0n) is 57.3. The van der Waals surface area contributed by atoms with Gasteiger partial charge >= 0.3 is 11.9 Å². The van der Waals surface area contributed by atoms with Gasteiger partial charge in [-0.2, -0.15) is 23.5 Å². The van der Waals surface area contributed by atoms with Gasteiger partial charge in [-0.3, -0.25) is 62.5 Å². The largest absolute Gasteiger partial charge is 0.508 e. The number of phenols is 1. The van der Waals surface area contributed by atoms with Gasteiger partial charge in [0, 0.05) is 48.9 Å². The number of rotatable bonds is 34. The highest BCUT2D eigenvalue weighted by molar-refractivity contribution is 7.98. The Balaban J connectivity index is 1.59. The number of carboxylic acids is 2. The molecule has 4 rings (SSSR count). The van der Waals surface area contributed by atoms with E-state index in [1.54, 1.807) is 20.9 Å². The Kier molecular flexibility index (Phi) is 36.7. The standard InChI is InChI=1S/C65H97N15O19S2/c1-36(2)24-46(60(93)76-48(29-54(87)88)61(94)79-55(38(4)82)63(96)72-37(3)57(90)75-47(28-39-14-17-43(83)18-15-39)59(92)73-42(31-81)16-19-53(85)86)77-62(95)51-13-11-21-80(51)64(97)50-35-101-33-41-25-40(32-100-34-49(69-5)56(66)89)26-44(27-41)98-22-8-6-7-9-23-99-71-30-52(84)74-45(58(91)78-50)12-10-20-70-65(67)68/h14-15,17-18,25-27,30-31,36-38,42,45-51,55,69,82-83H,6-13,16,19-24,28-29,32-35H2,1-5H3,(H2,66,89)(H,72,96)(H,73,92)(H,74,84)(H,75,90)(H,76,93)(H,77,95)(H,78,91)(H,79,94)(H,85,86)(H,87,88)(H4,67,68,70)/b71-30+/t37-,38+,42-,45-,46-,47-,48-,49-,50-,51-,55-/m0/s1. The van der Waals surface area contributed by atoms with Crippen LogP contribution < -0.4 is 69.8 Å². The number of aliphatic imine (C=N–C) groups is 1. The number of nitrogens with one attached hydrogen (secondary N) is 9. The number of amides is 10. The molecule has 1 fully saturated rings. The predicted molar refractivity (Wildman–Crippen MR) is 373 cm³/mol. The van der Waals surface area contributed by atoms with E-state index >= 15 is 4.79 Å². The van der Waals surface area contributed by atoms with Gasteiger partial charge in [-0.25, -0.2) is 0 Å². The van der Waals surface area contributed by atoms with Gasteiger partial charge in [0.25, 0.3) is 5.91 Å². The fourth-order valence-electron chi connectivity index (χ4n) is 10.5. The molecule has 0 unspecified atom stereocenters. The number of oxime groups is 1. The van der Waals surface area contributed by atoms with E-state index < -0.39 is 150 Å². The zero-order chi connectivity index (χ0) is 74.7. The Morgan fingerprint density at radius 1 is 0.792 bits per heavy atom. The maximum Gasteiger partial charge on any atom is 0.305 e. The average molecular weight is 1460 g/mol. The normalized spacial score (nSPS) is 19.0. The third kappa shape index (κ3) is 31.0. The van der Waals surface area contributed by atoms with Crippen molar-refractivity contribution in [2.24, 2.45) is 33.3 Å². The molecule has 101 heavy (non-hydrogen) atoms. The first-order chi connectivity index (χ1) is 48.0. The summed E-state index contributed by atoms with van der Waals surface area (Å²) >= 11 is 2.76. The number of carboxylic acid groups (broad SMARTS) is 2. The highest BCUT2D eigenvalue weighted by Crippen LogP contribution is 2.27. The van der Waals surface area contributed by atoms with Gasteiger partial charge in [0.2, 0.25) is 53.2 Å². The number of carbonyl (C=O) groups excluding carboxylic acids is 11.